The number of hydrogen-bond acceptors (Lipinski definition) is 7. The molecule has 0 spiro atoms. The molecule has 1 aliphatic heterocycles. The van der Waals surface area contributed by atoms with Crippen molar-refractivity contribution in [2.45, 2.75) is 38.9 Å². The zero-order valence-electron chi connectivity index (χ0n) is 16.7. The van der Waals surface area contributed by atoms with Crippen LogP contribution in [0.15, 0.2) is 30.0 Å². The molecule has 0 unspecified atom stereocenters. The molecule has 0 amide bonds. The Kier molecular flexibility index (Phi) is 5.79. The summed E-state index contributed by atoms with van der Waals surface area (Å²) in [5, 5.41) is 0.592. The van der Waals surface area contributed by atoms with Crippen LogP contribution in [0.4, 0.5) is 9.52 Å². The van der Waals surface area contributed by atoms with E-state index in [4.69, 9.17) is 31.4 Å². The summed E-state index contributed by atoms with van der Waals surface area (Å²) < 4.78 is 32.4. The fraction of sp³-hybridized carbons (Fsp3) is 0.368. The lowest BCUT2D eigenvalue weighted by Gasteiger charge is -2.32. The second-order valence-electron chi connectivity index (χ2n) is 7.54. The van der Waals surface area contributed by atoms with E-state index in [1.807, 2.05) is 27.7 Å². The zero-order chi connectivity index (χ0) is 21.6. The number of nitrogens with zero attached hydrogens (tertiary/aromatic N) is 1. The van der Waals surface area contributed by atoms with Gasteiger partial charge in [0.1, 0.15) is 5.73 Å². The normalized spacial score (nSPS) is 18.5. The van der Waals surface area contributed by atoms with Crippen LogP contribution < -0.4 is 5.73 Å². The summed E-state index contributed by atoms with van der Waals surface area (Å²) >= 11 is 6.97. The van der Waals surface area contributed by atoms with Crippen molar-refractivity contribution in [3.63, 3.8) is 0 Å². The highest BCUT2D eigenvalue weighted by Crippen LogP contribution is 2.43. The molecule has 0 atom stereocenters. The number of hydrogen-bond donors (Lipinski definition) is 1. The van der Waals surface area contributed by atoms with Crippen LogP contribution in [0.5, 0.6) is 0 Å². The molecule has 0 aliphatic carbocycles. The van der Waals surface area contributed by atoms with Crippen molar-refractivity contribution < 1.29 is 23.2 Å². The molecule has 0 saturated carbocycles. The largest absolute Gasteiger partial charge is 0.525 e. The highest BCUT2D eigenvalue weighted by molar-refractivity contribution is 7.16. The van der Waals surface area contributed by atoms with E-state index >= 15 is 4.39 Å². The first-order valence-corrected chi connectivity index (χ1v) is 10.0. The van der Waals surface area contributed by atoms with Crippen LogP contribution in [-0.2, 0) is 14.0 Å². The molecule has 2 aromatic rings. The van der Waals surface area contributed by atoms with Crippen molar-refractivity contribution in [3.8, 4) is 0 Å². The van der Waals surface area contributed by atoms with Crippen LogP contribution in [0, 0.1) is 0 Å². The van der Waals surface area contributed by atoms with Crippen molar-refractivity contribution in [1.29, 1.82) is 0 Å². The fourth-order valence-electron chi connectivity index (χ4n) is 2.80. The van der Waals surface area contributed by atoms with Gasteiger partial charge in [-0.3, -0.25) is 0 Å². The second kappa shape index (κ2) is 7.72. The summed E-state index contributed by atoms with van der Waals surface area (Å²) in [6, 6.07) is 6.52. The molecule has 2 heterocycles. The zero-order valence-corrected chi connectivity index (χ0v) is 18.3. The minimum Gasteiger partial charge on any atom is -0.464 e. The number of carbonyl (C=O) groups is 1. The molecular formula is C19H21BClFN2O4S. The molecule has 1 aliphatic rings. The maximum Gasteiger partial charge on any atom is 0.525 e. The number of ether oxygens (including phenoxy) is 1. The summed E-state index contributed by atoms with van der Waals surface area (Å²) in [5.41, 5.74) is 4.14. The predicted octanol–water partition coefficient (Wildman–Crippen LogP) is 4.53. The number of esters is 1. The molecular weight excluding hydrogens is 418 g/mol. The summed E-state index contributed by atoms with van der Waals surface area (Å²) in [6.45, 7) is 7.30. The van der Waals surface area contributed by atoms with E-state index in [-0.39, 0.29) is 21.3 Å². The maximum atomic E-state index is 15.9. The molecule has 1 aromatic carbocycles. The third kappa shape index (κ3) is 4.05. The quantitative estimate of drug-likeness (QED) is 0.558. The van der Waals surface area contributed by atoms with Crippen molar-refractivity contribution in [1.82, 2.24) is 4.98 Å². The van der Waals surface area contributed by atoms with Gasteiger partial charge in [0.05, 0.1) is 23.2 Å². The Morgan fingerprint density at radius 3 is 2.28 bits per heavy atom. The average Bonchev–Trinajstić information content (AvgIpc) is 3.12. The van der Waals surface area contributed by atoms with Crippen LogP contribution in [0.3, 0.4) is 0 Å². The van der Waals surface area contributed by atoms with Crippen LogP contribution in [0.1, 0.15) is 48.6 Å². The van der Waals surface area contributed by atoms with Gasteiger partial charge in [-0.05, 0) is 45.4 Å². The monoisotopic (exact) mass is 438 g/mol. The van der Waals surface area contributed by atoms with Crippen molar-refractivity contribution in [3.05, 3.63) is 51.1 Å². The molecule has 0 radical (unpaired) electrons. The average molecular weight is 439 g/mol. The van der Waals surface area contributed by atoms with Gasteiger partial charge < -0.3 is 19.8 Å². The van der Waals surface area contributed by atoms with Gasteiger partial charge in [-0.1, -0.05) is 35.1 Å². The minimum absolute atomic E-state index is 0.0772. The molecule has 1 saturated heterocycles. The third-order valence-electron chi connectivity index (χ3n) is 5.08. The number of thiazole rings is 1. The van der Waals surface area contributed by atoms with Gasteiger partial charge in [0.15, 0.2) is 10.8 Å². The van der Waals surface area contributed by atoms with Gasteiger partial charge in [0.25, 0.3) is 0 Å². The third-order valence-corrected chi connectivity index (χ3v) is 6.24. The van der Waals surface area contributed by atoms with E-state index in [0.29, 0.717) is 10.6 Å². The van der Waals surface area contributed by atoms with Crippen molar-refractivity contribution >= 4 is 46.7 Å². The number of halogens is 2. The van der Waals surface area contributed by atoms with Crippen LogP contribution in [0.2, 0.25) is 5.02 Å². The van der Waals surface area contributed by atoms with Gasteiger partial charge in [-0.25, -0.2) is 14.2 Å². The van der Waals surface area contributed by atoms with Crippen LogP contribution in [0.25, 0.3) is 5.57 Å². The number of nitrogen functional groups attached to an aromatic ring is 1. The van der Waals surface area contributed by atoms with Crippen LogP contribution in [-0.4, -0.2) is 36.4 Å². The lowest BCUT2D eigenvalue weighted by atomic mass is 9.82. The molecule has 154 valence electrons. The van der Waals surface area contributed by atoms with Crippen LogP contribution >= 0.6 is 22.9 Å². The predicted molar refractivity (Wildman–Crippen MR) is 113 cm³/mol. The van der Waals surface area contributed by atoms with E-state index in [9.17, 15) is 4.79 Å². The first kappa shape index (κ1) is 21.8. The topological polar surface area (TPSA) is 83.7 Å². The van der Waals surface area contributed by atoms with E-state index in [1.165, 1.54) is 7.11 Å². The minimum atomic E-state index is -1.26. The van der Waals surface area contributed by atoms with Gasteiger partial charge in [0, 0.05) is 10.6 Å². The Bertz CT molecular complexity index is 959. The molecule has 6 nitrogen and oxygen atoms in total. The maximum absolute atomic E-state index is 15.9. The summed E-state index contributed by atoms with van der Waals surface area (Å²) in [6.07, 6.45) is 0. The summed E-state index contributed by atoms with van der Waals surface area (Å²) in [5.74, 6) is -0.721. The Labute approximate surface area is 178 Å². The van der Waals surface area contributed by atoms with E-state index < -0.39 is 30.0 Å². The lowest BCUT2D eigenvalue weighted by molar-refractivity contribution is 0.00578. The SMILES string of the molecule is COC(=O)c1nc(N)sc1C(=C(F)B1OC(C)(C)C(C)(C)O1)c1ccc(Cl)cc1. The van der Waals surface area contributed by atoms with E-state index in [1.54, 1.807) is 24.3 Å². The van der Waals surface area contributed by atoms with Gasteiger partial charge in [-0.2, -0.15) is 0 Å². The summed E-state index contributed by atoms with van der Waals surface area (Å²) in [4.78, 5) is 16.5. The number of benzene rings is 1. The van der Waals surface area contributed by atoms with Gasteiger partial charge in [0.2, 0.25) is 0 Å². The standard InChI is InChI=1S/C19H21BClFN2O4S/c1-18(2)19(3,4)28-20(27-18)15(22)12(10-6-8-11(21)9-7-10)14-13(16(25)26-5)24-17(23)29-14/h6-9H,1-5H3,(H2,23,24). The van der Waals surface area contributed by atoms with E-state index in [2.05, 4.69) is 4.98 Å². The first-order valence-electron chi connectivity index (χ1n) is 8.83. The molecule has 1 fully saturated rings. The number of anilines is 1. The van der Waals surface area contributed by atoms with Gasteiger partial charge >= 0.3 is 13.1 Å². The number of carbonyl (C=O) groups excluding carboxylic acids is 1. The Morgan fingerprint density at radius 2 is 1.76 bits per heavy atom. The number of methoxy groups -OCH3 is 1. The molecule has 10 heteroatoms. The van der Waals surface area contributed by atoms with E-state index in [0.717, 1.165) is 11.3 Å². The van der Waals surface area contributed by atoms with Crippen molar-refractivity contribution in [2.75, 3.05) is 12.8 Å². The molecule has 29 heavy (non-hydrogen) atoms. The lowest BCUT2D eigenvalue weighted by Crippen LogP contribution is -2.41. The summed E-state index contributed by atoms with van der Waals surface area (Å²) in [7, 11) is -0.0442. The Balaban J connectivity index is 2.22. The first-order chi connectivity index (χ1) is 13.5. The fourth-order valence-corrected chi connectivity index (χ4v) is 3.81. The number of rotatable bonds is 4. The number of nitrogens with two attached hydrogens (primary N) is 1. The molecule has 2 N–H and O–H groups in total. The van der Waals surface area contributed by atoms with Gasteiger partial charge in [-0.15, -0.1) is 0 Å². The highest BCUT2D eigenvalue weighted by Gasteiger charge is 2.54. The van der Waals surface area contributed by atoms with Crippen molar-refractivity contribution in [2.24, 2.45) is 0 Å². The highest BCUT2D eigenvalue weighted by atomic mass is 35.5. The molecule has 1 aromatic heterocycles. The Hall–Kier alpha value is -1.94. The smallest absolute Gasteiger partial charge is 0.464 e. The Morgan fingerprint density at radius 1 is 1.21 bits per heavy atom. The second-order valence-corrected chi connectivity index (χ2v) is 9.01. The molecule has 3 rings (SSSR count). The molecule has 0 bridgehead atoms. The number of aromatic nitrogens is 1.